The van der Waals surface area contributed by atoms with Gasteiger partial charge >= 0.3 is 0 Å². The van der Waals surface area contributed by atoms with Gasteiger partial charge in [-0.1, -0.05) is 12.1 Å². The van der Waals surface area contributed by atoms with E-state index in [-0.39, 0.29) is 12.4 Å². The van der Waals surface area contributed by atoms with Gasteiger partial charge in [0.1, 0.15) is 0 Å². The summed E-state index contributed by atoms with van der Waals surface area (Å²) in [7, 11) is 0. The fourth-order valence-electron chi connectivity index (χ4n) is 1.14. The van der Waals surface area contributed by atoms with Crippen LogP contribution in [0, 0.1) is 5.21 Å². The molecule has 68 valence electrons. The van der Waals surface area contributed by atoms with Gasteiger partial charge in [-0.05, 0) is 12.1 Å². The van der Waals surface area contributed by atoms with Gasteiger partial charge < -0.3 is 5.21 Å². The van der Waals surface area contributed by atoms with Crippen LogP contribution in [-0.2, 0) is 0 Å². The summed E-state index contributed by atoms with van der Waals surface area (Å²) in [5.74, 6) is 0. The molecule has 1 aromatic rings. The number of fused-ring (bicyclic) bond motifs is 1. The van der Waals surface area contributed by atoms with Crippen molar-refractivity contribution in [1.29, 1.82) is 0 Å². The molecule has 0 atom stereocenters. The molecule has 0 amide bonds. The second-order valence-electron chi connectivity index (χ2n) is 2.60. The highest BCUT2D eigenvalue weighted by molar-refractivity contribution is 5.86. The Kier molecular flexibility index (Phi) is 3.03. The van der Waals surface area contributed by atoms with E-state index < -0.39 is 0 Å². The van der Waals surface area contributed by atoms with Gasteiger partial charge in [-0.3, -0.25) is 4.99 Å². The van der Waals surface area contributed by atoms with Crippen molar-refractivity contribution < 1.29 is 4.74 Å². The lowest BCUT2D eigenvalue weighted by Crippen LogP contribution is -2.06. The van der Waals surface area contributed by atoms with Crippen LogP contribution >= 0.6 is 12.4 Å². The van der Waals surface area contributed by atoms with Crippen LogP contribution < -0.4 is 0 Å². The second-order valence-corrected chi connectivity index (χ2v) is 2.60. The van der Waals surface area contributed by atoms with E-state index in [4.69, 9.17) is 0 Å². The minimum Gasteiger partial charge on any atom is -0.624 e. The van der Waals surface area contributed by atoms with E-state index in [1.807, 2.05) is 24.3 Å². The van der Waals surface area contributed by atoms with Crippen LogP contribution in [0.4, 0.5) is 5.69 Å². The molecular formula is C9H9ClN2O. The second kappa shape index (κ2) is 4.05. The Hall–Kier alpha value is -1.35. The van der Waals surface area contributed by atoms with Crippen LogP contribution in [0.3, 0.4) is 0 Å². The number of hydrogen-bond donors (Lipinski definition) is 0. The van der Waals surface area contributed by atoms with E-state index in [2.05, 4.69) is 4.99 Å². The number of aliphatic imine (C=N–C) groups is 1. The molecular weight excluding hydrogens is 188 g/mol. The van der Waals surface area contributed by atoms with E-state index in [1.54, 1.807) is 12.4 Å². The first-order valence-electron chi connectivity index (χ1n) is 3.76. The predicted octanol–water partition coefficient (Wildman–Crippen LogP) is 1.75. The Bertz CT molecular complexity index is 360. The highest BCUT2D eigenvalue weighted by Crippen LogP contribution is 2.16. The van der Waals surface area contributed by atoms with Crippen molar-refractivity contribution in [2.45, 2.75) is 0 Å². The highest BCUT2D eigenvalue weighted by Gasteiger charge is 2.03. The molecule has 0 N–H and O–H groups in total. The van der Waals surface area contributed by atoms with Crippen LogP contribution in [0.1, 0.15) is 5.56 Å². The summed E-state index contributed by atoms with van der Waals surface area (Å²) in [6.07, 6.45) is 3.18. The average Bonchev–Trinajstić information content (AvgIpc) is 2.25. The van der Waals surface area contributed by atoms with Crippen molar-refractivity contribution in [3.8, 4) is 0 Å². The van der Waals surface area contributed by atoms with Gasteiger partial charge in [-0.15, -0.1) is 12.4 Å². The van der Waals surface area contributed by atoms with Gasteiger partial charge in [-0.25, -0.2) is 4.74 Å². The minimum atomic E-state index is 0. The summed E-state index contributed by atoms with van der Waals surface area (Å²) in [5.41, 5.74) is 1.73. The van der Waals surface area contributed by atoms with Gasteiger partial charge in [0.15, 0.2) is 12.8 Å². The number of hydroxylamine groups is 1. The predicted molar refractivity (Wildman–Crippen MR) is 55.5 cm³/mol. The highest BCUT2D eigenvalue weighted by atomic mass is 35.5. The van der Waals surface area contributed by atoms with Crippen molar-refractivity contribution in [3.63, 3.8) is 0 Å². The Morgan fingerprint density at radius 1 is 1.31 bits per heavy atom. The summed E-state index contributed by atoms with van der Waals surface area (Å²) >= 11 is 0. The van der Waals surface area contributed by atoms with Crippen molar-refractivity contribution >= 4 is 30.5 Å². The Morgan fingerprint density at radius 2 is 2.08 bits per heavy atom. The minimum absolute atomic E-state index is 0. The van der Waals surface area contributed by atoms with Crippen LogP contribution in [0.5, 0.6) is 0 Å². The summed E-state index contributed by atoms with van der Waals surface area (Å²) in [6.45, 7) is 0.328. The van der Waals surface area contributed by atoms with Crippen molar-refractivity contribution in [2.75, 3.05) is 6.54 Å². The maximum Gasteiger partial charge on any atom is 0.188 e. The standard InChI is InChI=1S/C9H8N2O.ClH/c12-11-6-5-10-9-4-2-1-3-8(9)7-11;/h1-5,7H,6H2;1H. The van der Waals surface area contributed by atoms with Crippen LogP contribution in [0.2, 0.25) is 0 Å². The average molecular weight is 197 g/mol. The van der Waals surface area contributed by atoms with E-state index in [9.17, 15) is 5.21 Å². The molecule has 3 nitrogen and oxygen atoms in total. The number of para-hydroxylation sites is 1. The third kappa shape index (κ3) is 2.06. The number of benzene rings is 1. The summed E-state index contributed by atoms with van der Waals surface area (Å²) < 4.78 is 0.870. The molecule has 0 aliphatic carbocycles. The zero-order valence-corrected chi connectivity index (χ0v) is 7.70. The molecule has 4 heteroatoms. The Labute approximate surface area is 82.4 Å². The third-order valence-electron chi connectivity index (χ3n) is 1.71. The van der Waals surface area contributed by atoms with Crippen LogP contribution in [0.15, 0.2) is 29.3 Å². The molecule has 0 radical (unpaired) electrons. The molecule has 0 unspecified atom stereocenters. The first kappa shape index (κ1) is 9.74. The topological polar surface area (TPSA) is 38.4 Å². The Balaban J connectivity index is 0.000000845. The lowest BCUT2D eigenvalue weighted by molar-refractivity contribution is -0.433. The maximum atomic E-state index is 11.0. The molecule has 2 rings (SSSR count). The number of hydrogen-bond acceptors (Lipinski definition) is 2. The fourth-order valence-corrected chi connectivity index (χ4v) is 1.14. The molecule has 1 aromatic carbocycles. The first-order chi connectivity index (χ1) is 5.86. The molecule has 13 heavy (non-hydrogen) atoms. The fraction of sp³-hybridized carbons (Fsp3) is 0.111. The zero-order chi connectivity index (χ0) is 8.39. The van der Waals surface area contributed by atoms with E-state index >= 15 is 0 Å². The summed E-state index contributed by atoms with van der Waals surface area (Å²) in [4.78, 5) is 4.14. The lowest BCUT2D eigenvalue weighted by Gasteiger charge is -1.97. The largest absolute Gasteiger partial charge is 0.624 e. The number of nitrogens with zero attached hydrogens (tertiary/aromatic N) is 2. The molecule has 0 fully saturated rings. The van der Waals surface area contributed by atoms with Gasteiger partial charge in [0.25, 0.3) is 0 Å². The zero-order valence-electron chi connectivity index (χ0n) is 6.88. The third-order valence-corrected chi connectivity index (χ3v) is 1.71. The normalized spacial score (nSPS) is 13.7. The number of rotatable bonds is 0. The van der Waals surface area contributed by atoms with E-state index in [1.165, 1.54) is 0 Å². The van der Waals surface area contributed by atoms with Crippen LogP contribution in [-0.4, -0.2) is 23.7 Å². The molecule has 0 aromatic heterocycles. The van der Waals surface area contributed by atoms with E-state index in [0.717, 1.165) is 16.0 Å². The first-order valence-corrected chi connectivity index (χ1v) is 3.76. The van der Waals surface area contributed by atoms with Gasteiger partial charge in [0.2, 0.25) is 0 Å². The van der Waals surface area contributed by atoms with E-state index in [0.29, 0.717) is 6.54 Å². The summed E-state index contributed by atoms with van der Waals surface area (Å²) in [6, 6.07) is 7.57. The summed E-state index contributed by atoms with van der Waals surface area (Å²) in [5, 5.41) is 11.0. The van der Waals surface area contributed by atoms with Crippen molar-refractivity contribution in [2.24, 2.45) is 4.99 Å². The van der Waals surface area contributed by atoms with Crippen molar-refractivity contribution in [3.05, 3.63) is 35.0 Å². The van der Waals surface area contributed by atoms with Crippen LogP contribution in [0.25, 0.3) is 0 Å². The maximum absolute atomic E-state index is 11.0. The molecule has 0 spiro atoms. The monoisotopic (exact) mass is 196 g/mol. The molecule has 1 heterocycles. The molecule has 1 aliphatic heterocycles. The van der Waals surface area contributed by atoms with Gasteiger partial charge in [-0.2, -0.15) is 0 Å². The molecule has 0 saturated heterocycles. The quantitative estimate of drug-likeness (QED) is 0.460. The molecule has 0 saturated carbocycles. The Morgan fingerprint density at radius 3 is 2.92 bits per heavy atom. The smallest absolute Gasteiger partial charge is 0.188 e. The van der Waals surface area contributed by atoms with Gasteiger partial charge in [0.05, 0.1) is 17.5 Å². The molecule has 0 bridgehead atoms. The lowest BCUT2D eigenvalue weighted by atomic mass is 10.2. The van der Waals surface area contributed by atoms with Crippen molar-refractivity contribution in [1.82, 2.24) is 0 Å². The molecule has 1 aliphatic rings. The SMILES string of the molecule is Cl.[O-][N+]1=Cc2ccccc2N=CC1. The number of halogens is 1. The van der Waals surface area contributed by atoms with Gasteiger partial charge in [0, 0.05) is 0 Å².